The molecule has 2 fully saturated rings. The first-order valence-electron chi connectivity index (χ1n) is 11.9. The molecular formula is C25H35ClN4O4. The first-order chi connectivity index (χ1) is 15.9. The maximum absolute atomic E-state index is 13.1. The number of nitrogens with one attached hydrogen (secondary N) is 1. The van der Waals surface area contributed by atoms with E-state index in [-0.39, 0.29) is 54.4 Å². The lowest BCUT2D eigenvalue weighted by Gasteiger charge is -2.34. The Bertz CT molecular complexity index is 997. The van der Waals surface area contributed by atoms with E-state index in [1.165, 1.54) is 0 Å². The minimum Gasteiger partial charge on any atom is -0.508 e. The average Bonchev–Trinajstić information content (AvgIpc) is 3.54. The van der Waals surface area contributed by atoms with Crippen LogP contribution >= 0.6 is 12.4 Å². The van der Waals surface area contributed by atoms with Crippen molar-refractivity contribution in [2.45, 2.75) is 63.8 Å². The number of nitrogens with zero attached hydrogens (tertiary/aromatic N) is 2. The predicted octanol–water partition coefficient (Wildman–Crippen LogP) is 3.34. The second-order valence-electron chi connectivity index (χ2n) is 9.65. The molecule has 8 nitrogen and oxygen atoms in total. The van der Waals surface area contributed by atoms with Gasteiger partial charge in [0.25, 0.3) is 5.91 Å². The molecule has 1 aromatic heterocycles. The number of likely N-dealkylation sites (tertiary alicyclic amines) is 1. The van der Waals surface area contributed by atoms with Crippen LogP contribution in [0.1, 0.15) is 78.7 Å². The van der Waals surface area contributed by atoms with E-state index in [4.69, 9.17) is 10.3 Å². The quantitative estimate of drug-likeness (QED) is 0.521. The molecular weight excluding hydrogens is 456 g/mol. The number of rotatable bonds is 8. The molecule has 1 saturated carbocycles. The highest BCUT2D eigenvalue weighted by atomic mass is 35.5. The van der Waals surface area contributed by atoms with Crippen molar-refractivity contribution in [3.8, 4) is 5.75 Å². The standard InChI is InChI=1S/C25H34N4O4.ClH/c1-15(2)20-12-16(3-6-22(20)30)11-18(14-26)25(32)29-9-7-19(8-10-29)27-24(31)21-13-23(33-28-21)17-4-5-17;/h3,6,12-13,15,17-19,30H,4-5,7-11,14,26H2,1-2H3,(H,27,31);1H. The molecule has 1 saturated heterocycles. The van der Waals surface area contributed by atoms with Crippen molar-refractivity contribution in [1.82, 2.24) is 15.4 Å². The van der Waals surface area contributed by atoms with Crippen LogP contribution in [0.2, 0.25) is 0 Å². The molecule has 2 amide bonds. The van der Waals surface area contributed by atoms with Gasteiger partial charge in [0, 0.05) is 37.7 Å². The third-order valence-corrected chi connectivity index (χ3v) is 6.71. The Balaban J connectivity index is 0.00000324. The van der Waals surface area contributed by atoms with E-state index in [0.717, 1.165) is 29.7 Å². The summed E-state index contributed by atoms with van der Waals surface area (Å²) in [5.74, 6) is 1.21. The molecule has 0 radical (unpaired) electrons. The fourth-order valence-electron chi connectivity index (χ4n) is 4.47. The van der Waals surface area contributed by atoms with Gasteiger partial charge in [-0.2, -0.15) is 0 Å². The SMILES string of the molecule is CC(C)c1cc(CC(CN)C(=O)N2CCC(NC(=O)c3cc(C4CC4)on3)CC2)ccc1O.Cl. The van der Waals surface area contributed by atoms with Gasteiger partial charge in [0.05, 0.1) is 5.92 Å². The molecule has 2 aliphatic rings. The number of phenolic OH excluding ortho intramolecular Hbond substituents is 1. The molecule has 9 heteroatoms. The van der Waals surface area contributed by atoms with Crippen LogP contribution in [0.5, 0.6) is 5.75 Å². The summed E-state index contributed by atoms with van der Waals surface area (Å²) < 4.78 is 5.27. The van der Waals surface area contributed by atoms with E-state index in [9.17, 15) is 14.7 Å². The van der Waals surface area contributed by atoms with Crippen LogP contribution in [-0.2, 0) is 11.2 Å². The lowest BCUT2D eigenvalue weighted by atomic mass is 9.93. The summed E-state index contributed by atoms with van der Waals surface area (Å²) in [6, 6.07) is 7.27. The Morgan fingerprint density at radius 2 is 1.91 bits per heavy atom. The third-order valence-electron chi connectivity index (χ3n) is 6.71. The molecule has 1 unspecified atom stereocenters. The predicted molar refractivity (Wildman–Crippen MR) is 131 cm³/mol. The number of amides is 2. The first kappa shape index (κ1) is 26.0. The number of nitrogens with two attached hydrogens (primary N) is 1. The average molecular weight is 491 g/mol. The molecule has 0 spiro atoms. The number of benzene rings is 1. The second-order valence-corrected chi connectivity index (χ2v) is 9.65. The van der Waals surface area contributed by atoms with Crippen molar-refractivity contribution in [3.05, 3.63) is 46.8 Å². The summed E-state index contributed by atoms with van der Waals surface area (Å²) in [6.07, 6.45) is 4.12. The Hall–Kier alpha value is -2.58. The van der Waals surface area contributed by atoms with Gasteiger partial charge in [0.2, 0.25) is 5.91 Å². The van der Waals surface area contributed by atoms with Gasteiger partial charge in [-0.3, -0.25) is 9.59 Å². The summed E-state index contributed by atoms with van der Waals surface area (Å²) >= 11 is 0. The molecule has 2 heterocycles. The first-order valence-corrected chi connectivity index (χ1v) is 11.9. The van der Waals surface area contributed by atoms with Crippen molar-refractivity contribution in [3.63, 3.8) is 0 Å². The van der Waals surface area contributed by atoms with E-state index in [1.54, 1.807) is 12.1 Å². The molecule has 4 N–H and O–H groups in total. The topological polar surface area (TPSA) is 122 Å². The van der Waals surface area contributed by atoms with Crippen LogP contribution in [0.25, 0.3) is 0 Å². The Morgan fingerprint density at radius 1 is 1.21 bits per heavy atom. The summed E-state index contributed by atoms with van der Waals surface area (Å²) in [5.41, 5.74) is 8.18. The minimum absolute atomic E-state index is 0. The van der Waals surface area contributed by atoms with Crippen molar-refractivity contribution < 1.29 is 19.2 Å². The molecule has 1 aliphatic heterocycles. The zero-order chi connectivity index (χ0) is 23.5. The number of hydrogen-bond acceptors (Lipinski definition) is 6. The van der Waals surface area contributed by atoms with Gasteiger partial charge in [-0.15, -0.1) is 12.4 Å². The van der Waals surface area contributed by atoms with Gasteiger partial charge < -0.3 is 25.6 Å². The number of piperidine rings is 1. The normalized spacial score (nSPS) is 17.4. The fourth-order valence-corrected chi connectivity index (χ4v) is 4.47. The summed E-state index contributed by atoms with van der Waals surface area (Å²) in [7, 11) is 0. The van der Waals surface area contributed by atoms with Crippen LogP contribution < -0.4 is 11.1 Å². The van der Waals surface area contributed by atoms with Crippen LogP contribution in [0.3, 0.4) is 0 Å². The van der Waals surface area contributed by atoms with Crippen LogP contribution in [0, 0.1) is 5.92 Å². The number of carbonyl (C=O) groups is 2. The van der Waals surface area contributed by atoms with Crippen molar-refractivity contribution in [1.29, 1.82) is 0 Å². The van der Waals surface area contributed by atoms with Gasteiger partial charge >= 0.3 is 0 Å². The maximum atomic E-state index is 13.1. The zero-order valence-electron chi connectivity index (χ0n) is 19.8. The highest BCUT2D eigenvalue weighted by Gasteiger charge is 2.31. The smallest absolute Gasteiger partial charge is 0.273 e. The molecule has 4 rings (SSSR count). The Kier molecular flexibility index (Phi) is 8.60. The minimum atomic E-state index is -0.309. The van der Waals surface area contributed by atoms with Gasteiger partial charge in [-0.05, 0) is 55.2 Å². The zero-order valence-corrected chi connectivity index (χ0v) is 20.6. The molecule has 1 atom stereocenters. The third kappa shape index (κ3) is 6.10. The second kappa shape index (κ2) is 11.2. The van der Waals surface area contributed by atoms with Crippen molar-refractivity contribution in [2.75, 3.05) is 19.6 Å². The molecule has 2 aromatic rings. The summed E-state index contributed by atoms with van der Waals surface area (Å²) in [5, 5.41) is 17.0. The summed E-state index contributed by atoms with van der Waals surface area (Å²) in [6.45, 7) is 5.49. The number of carbonyl (C=O) groups excluding carboxylic acids is 2. The van der Waals surface area contributed by atoms with E-state index in [1.807, 2.05) is 30.9 Å². The van der Waals surface area contributed by atoms with E-state index >= 15 is 0 Å². The Morgan fingerprint density at radius 3 is 2.53 bits per heavy atom. The van der Waals surface area contributed by atoms with Gasteiger partial charge in [-0.25, -0.2) is 0 Å². The monoisotopic (exact) mass is 490 g/mol. The fraction of sp³-hybridized carbons (Fsp3) is 0.560. The highest BCUT2D eigenvalue weighted by Crippen LogP contribution is 2.40. The number of aromatic nitrogens is 1. The van der Waals surface area contributed by atoms with E-state index < -0.39 is 0 Å². The van der Waals surface area contributed by atoms with Gasteiger partial charge in [0.15, 0.2) is 5.69 Å². The van der Waals surface area contributed by atoms with Crippen LogP contribution in [0.4, 0.5) is 0 Å². The molecule has 34 heavy (non-hydrogen) atoms. The van der Waals surface area contributed by atoms with Gasteiger partial charge in [-0.1, -0.05) is 31.1 Å². The number of hydrogen-bond donors (Lipinski definition) is 3. The van der Waals surface area contributed by atoms with Crippen molar-refractivity contribution >= 4 is 24.2 Å². The largest absolute Gasteiger partial charge is 0.508 e. The summed E-state index contributed by atoms with van der Waals surface area (Å²) in [4.78, 5) is 27.5. The molecule has 186 valence electrons. The maximum Gasteiger partial charge on any atom is 0.273 e. The highest BCUT2D eigenvalue weighted by molar-refractivity contribution is 5.92. The van der Waals surface area contributed by atoms with Crippen LogP contribution in [-0.4, -0.2) is 52.7 Å². The lowest BCUT2D eigenvalue weighted by molar-refractivity contribution is -0.136. The molecule has 1 aliphatic carbocycles. The van der Waals surface area contributed by atoms with E-state index in [0.29, 0.717) is 44.0 Å². The van der Waals surface area contributed by atoms with Crippen LogP contribution in [0.15, 0.2) is 28.8 Å². The lowest BCUT2D eigenvalue weighted by Crippen LogP contribution is -2.49. The van der Waals surface area contributed by atoms with Crippen molar-refractivity contribution in [2.24, 2.45) is 11.7 Å². The number of aromatic hydroxyl groups is 1. The van der Waals surface area contributed by atoms with Gasteiger partial charge in [0.1, 0.15) is 11.5 Å². The van der Waals surface area contributed by atoms with E-state index in [2.05, 4.69) is 10.5 Å². The molecule has 0 bridgehead atoms. The molecule has 1 aromatic carbocycles. The number of phenols is 1. The number of halogens is 1. The Labute approximate surface area is 206 Å².